The van der Waals surface area contributed by atoms with Crippen molar-refractivity contribution in [3.8, 4) is 0 Å². The highest BCUT2D eigenvalue weighted by Gasteiger charge is 2.24. The van der Waals surface area contributed by atoms with Crippen LogP contribution in [0.1, 0.15) is 27.9 Å². The first-order valence-corrected chi connectivity index (χ1v) is 10.4. The number of carbonyl (C=O) groups excluding carboxylic acids is 2. The van der Waals surface area contributed by atoms with Crippen molar-refractivity contribution in [3.63, 3.8) is 0 Å². The van der Waals surface area contributed by atoms with E-state index in [1.165, 1.54) is 5.56 Å². The van der Waals surface area contributed by atoms with E-state index < -0.39 is 0 Å². The maximum Gasteiger partial charge on any atom is 0.251 e. The molecule has 2 N–H and O–H groups in total. The van der Waals surface area contributed by atoms with Gasteiger partial charge in [0, 0.05) is 40.7 Å². The van der Waals surface area contributed by atoms with Crippen LogP contribution in [0, 0.1) is 6.92 Å². The van der Waals surface area contributed by atoms with Crippen molar-refractivity contribution in [3.05, 3.63) is 68.7 Å². The lowest BCUT2D eigenvalue weighted by Gasteiger charge is -2.17. The number of benzene rings is 2. The van der Waals surface area contributed by atoms with Gasteiger partial charge in [-0.25, -0.2) is 0 Å². The third kappa shape index (κ3) is 5.80. The standard InChI is InChI=1S/C21H23BrClN3O2/c1-14-2-5-16(10-19(14)22)21(28)24-11-20(27)25-18-8-9-26(13-18)12-15-3-6-17(23)7-4-15/h2-7,10,18H,8-9,11-13H2,1H3,(H,24,28)(H,25,27)/t18-/m1/s1. The highest BCUT2D eigenvalue weighted by atomic mass is 79.9. The molecule has 3 rings (SSSR count). The number of hydrogen-bond acceptors (Lipinski definition) is 3. The monoisotopic (exact) mass is 463 g/mol. The smallest absolute Gasteiger partial charge is 0.251 e. The molecule has 2 aromatic carbocycles. The number of likely N-dealkylation sites (tertiary alicyclic amines) is 1. The summed E-state index contributed by atoms with van der Waals surface area (Å²) >= 11 is 9.34. The molecule has 0 saturated carbocycles. The number of amides is 2. The number of carbonyl (C=O) groups is 2. The molecule has 1 heterocycles. The fourth-order valence-corrected chi connectivity index (χ4v) is 3.72. The average Bonchev–Trinajstić information content (AvgIpc) is 3.10. The zero-order chi connectivity index (χ0) is 20.1. The molecule has 1 fully saturated rings. The van der Waals surface area contributed by atoms with Crippen LogP contribution in [0.2, 0.25) is 5.02 Å². The summed E-state index contributed by atoms with van der Waals surface area (Å²) in [5.41, 5.74) is 2.78. The van der Waals surface area contributed by atoms with Gasteiger partial charge in [-0.15, -0.1) is 0 Å². The van der Waals surface area contributed by atoms with Crippen LogP contribution < -0.4 is 10.6 Å². The quantitative estimate of drug-likeness (QED) is 0.687. The molecule has 28 heavy (non-hydrogen) atoms. The summed E-state index contributed by atoms with van der Waals surface area (Å²) in [5.74, 6) is -0.426. The highest BCUT2D eigenvalue weighted by Crippen LogP contribution is 2.18. The Labute approximate surface area is 178 Å². The van der Waals surface area contributed by atoms with Crippen LogP contribution in [-0.4, -0.2) is 42.4 Å². The third-order valence-corrected chi connectivity index (χ3v) is 5.91. The lowest BCUT2D eigenvalue weighted by atomic mass is 10.1. The predicted octanol–water partition coefficient (Wildman–Crippen LogP) is 3.53. The topological polar surface area (TPSA) is 61.4 Å². The molecule has 7 heteroatoms. The second kappa shape index (κ2) is 9.54. The van der Waals surface area contributed by atoms with Crippen molar-refractivity contribution in [2.75, 3.05) is 19.6 Å². The molecule has 1 saturated heterocycles. The van der Waals surface area contributed by atoms with Gasteiger partial charge < -0.3 is 10.6 Å². The Hall–Kier alpha value is -1.89. The SMILES string of the molecule is Cc1ccc(C(=O)NCC(=O)N[C@@H]2CCN(Cc3ccc(Cl)cc3)C2)cc1Br. The van der Waals surface area contributed by atoms with Crippen LogP contribution >= 0.6 is 27.5 Å². The van der Waals surface area contributed by atoms with Crippen LogP contribution in [0.5, 0.6) is 0 Å². The average molecular weight is 465 g/mol. The van der Waals surface area contributed by atoms with Gasteiger partial charge in [0.15, 0.2) is 0 Å². The Kier molecular flexibility index (Phi) is 7.10. The summed E-state index contributed by atoms with van der Waals surface area (Å²) in [6.07, 6.45) is 0.901. The van der Waals surface area contributed by atoms with E-state index >= 15 is 0 Å². The van der Waals surface area contributed by atoms with Crippen molar-refractivity contribution in [1.82, 2.24) is 15.5 Å². The maximum atomic E-state index is 12.2. The lowest BCUT2D eigenvalue weighted by molar-refractivity contribution is -0.120. The minimum absolute atomic E-state index is 0.0297. The predicted molar refractivity (Wildman–Crippen MR) is 114 cm³/mol. The van der Waals surface area contributed by atoms with E-state index in [1.54, 1.807) is 12.1 Å². The Morgan fingerprint density at radius 2 is 1.96 bits per heavy atom. The number of rotatable bonds is 6. The second-order valence-corrected chi connectivity index (χ2v) is 8.35. The summed E-state index contributed by atoms with van der Waals surface area (Å²) in [4.78, 5) is 26.7. The van der Waals surface area contributed by atoms with Gasteiger partial charge in [0.05, 0.1) is 6.54 Å². The lowest BCUT2D eigenvalue weighted by Crippen LogP contribution is -2.43. The first kappa shape index (κ1) is 20.8. The molecule has 1 aliphatic rings. The number of nitrogens with one attached hydrogen (secondary N) is 2. The van der Waals surface area contributed by atoms with Crippen molar-refractivity contribution >= 4 is 39.3 Å². The number of nitrogens with zero attached hydrogens (tertiary/aromatic N) is 1. The van der Waals surface area contributed by atoms with E-state index in [-0.39, 0.29) is 24.4 Å². The molecular formula is C21H23BrClN3O2. The highest BCUT2D eigenvalue weighted by molar-refractivity contribution is 9.10. The number of hydrogen-bond donors (Lipinski definition) is 2. The molecule has 0 aliphatic carbocycles. The number of aryl methyl sites for hydroxylation is 1. The zero-order valence-corrected chi connectivity index (χ0v) is 18.0. The van der Waals surface area contributed by atoms with E-state index in [1.807, 2.05) is 37.3 Å². The third-order valence-electron chi connectivity index (χ3n) is 4.80. The van der Waals surface area contributed by atoms with Gasteiger partial charge in [-0.05, 0) is 48.7 Å². The van der Waals surface area contributed by atoms with Crippen molar-refractivity contribution < 1.29 is 9.59 Å². The number of halogens is 2. The van der Waals surface area contributed by atoms with E-state index in [0.29, 0.717) is 5.56 Å². The van der Waals surface area contributed by atoms with Gasteiger partial charge >= 0.3 is 0 Å². The minimum Gasteiger partial charge on any atom is -0.350 e. The Bertz CT molecular complexity index is 857. The zero-order valence-electron chi connectivity index (χ0n) is 15.7. The first-order valence-electron chi connectivity index (χ1n) is 9.21. The van der Waals surface area contributed by atoms with Gasteiger partial charge in [0.25, 0.3) is 5.91 Å². The van der Waals surface area contributed by atoms with E-state index in [2.05, 4.69) is 31.5 Å². The summed E-state index contributed by atoms with van der Waals surface area (Å²) in [7, 11) is 0. The molecule has 1 atom stereocenters. The summed E-state index contributed by atoms with van der Waals surface area (Å²) in [5, 5.41) is 6.41. The van der Waals surface area contributed by atoms with Gasteiger partial charge in [0.2, 0.25) is 5.91 Å². The molecule has 1 aliphatic heterocycles. The molecular weight excluding hydrogens is 442 g/mol. The molecule has 0 unspecified atom stereocenters. The van der Waals surface area contributed by atoms with E-state index in [9.17, 15) is 9.59 Å². The largest absolute Gasteiger partial charge is 0.350 e. The molecule has 148 valence electrons. The van der Waals surface area contributed by atoms with Crippen molar-refractivity contribution in [1.29, 1.82) is 0 Å². The Balaban J connectivity index is 1.42. The van der Waals surface area contributed by atoms with Crippen LogP contribution in [0.4, 0.5) is 0 Å². The molecule has 0 spiro atoms. The van der Waals surface area contributed by atoms with Crippen LogP contribution in [0.15, 0.2) is 46.9 Å². The minimum atomic E-state index is -0.258. The fourth-order valence-electron chi connectivity index (χ4n) is 3.22. The molecule has 0 radical (unpaired) electrons. The van der Waals surface area contributed by atoms with Gasteiger partial charge in [-0.1, -0.05) is 45.7 Å². The molecule has 2 aromatic rings. The van der Waals surface area contributed by atoms with Crippen LogP contribution in [0.3, 0.4) is 0 Å². The molecule has 0 aromatic heterocycles. The van der Waals surface area contributed by atoms with Gasteiger partial charge in [-0.3, -0.25) is 14.5 Å². The van der Waals surface area contributed by atoms with Crippen LogP contribution in [0.25, 0.3) is 0 Å². The second-order valence-electron chi connectivity index (χ2n) is 7.06. The summed E-state index contributed by atoms with van der Waals surface area (Å²) in [6.45, 7) is 4.49. The van der Waals surface area contributed by atoms with Crippen molar-refractivity contribution in [2.24, 2.45) is 0 Å². The Morgan fingerprint density at radius 1 is 1.21 bits per heavy atom. The summed E-state index contributed by atoms with van der Waals surface area (Å²) in [6, 6.07) is 13.3. The molecule has 2 amide bonds. The molecule has 5 nitrogen and oxygen atoms in total. The van der Waals surface area contributed by atoms with E-state index in [4.69, 9.17) is 11.6 Å². The van der Waals surface area contributed by atoms with Gasteiger partial charge in [-0.2, -0.15) is 0 Å². The maximum absolute atomic E-state index is 12.2. The van der Waals surface area contributed by atoms with Gasteiger partial charge in [0.1, 0.15) is 0 Å². The normalized spacial score (nSPS) is 16.8. The summed E-state index contributed by atoms with van der Waals surface area (Å²) < 4.78 is 0.872. The van der Waals surface area contributed by atoms with E-state index in [0.717, 1.165) is 41.1 Å². The fraction of sp³-hybridized carbons (Fsp3) is 0.333. The van der Waals surface area contributed by atoms with Crippen LogP contribution in [-0.2, 0) is 11.3 Å². The first-order chi connectivity index (χ1) is 13.4. The molecule has 0 bridgehead atoms. The van der Waals surface area contributed by atoms with Crippen molar-refractivity contribution in [2.45, 2.75) is 25.9 Å². The Morgan fingerprint density at radius 3 is 2.68 bits per heavy atom.